The predicted molar refractivity (Wildman–Crippen MR) is 55.4 cm³/mol. The number of aliphatic imine (C=N–C) groups is 1. The first-order valence-corrected chi connectivity index (χ1v) is 5.47. The van der Waals surface area contributed by atoms with E-state index in [0.717, 1.165) is 11.6 Å². The maximum Gasteiger partial charge on any atom is 0.173 e. The zero-order chi connectivity index (χ0) is 9.14. The number of hydrogen-bond acceptors (Lipinski definition) is 4. The van der Waals surface area contributed by atoms with Crippen LogP contribution in [-0.2, 0) is 0 Å². The van der Waals surface area contributed by atoms with Crippen LogP contribution in [0, 0.1) is 0 Å². The van der Waals surface area contributed by atoms with E-state index in [4.69, 9.17) is 0 Å². The summed E-state index contributed by atoms with van der Waals surface area (Å²) in [6, 6.07) is 0.943. The van der Waals surface area contributed by atoms with E-state index in [1.807, 2.05) is 12.1 Å². The van der Waals surface area contributed by atoms with Gasteiger partial charge in [0.2, 0.25) is 0 Å². The van der Waals surface area contributed by atoms with Gasteiger partial charge in [-0.2, -0.15) is 0 Å². The van der Waals surface area contributed by atoms with Gasteiger partial charge in [0.05, 0.1) is 6.04 Å². The van der Waals surface area contributed by atoms with E-state index in [9.17, 15) is 0 Å². The first-order valence-electron chi connectivity index (χ1n) is 4.25. The molecule has 70 valence electrons. The molecular weight excluding hydrogens is 170 g/mol. The van der Waals surface area contributed by atoms with E-state index in [-0.39, 0.29) is 0 Å². The molecule has 2 unspecified atom stereocenters. The molecule has 0 aromatic rings. The molecule has 3 nitrogen and oxygen atoms in total. The van der Waals surface area contributed by atoms with Gasteiger partial charge in [-0.15, -0.1) is 0 Å². The molecule has 0 radical (unpaired) electrons. The molecule has 1 heterocycles. The molecule has 12 heavy (non-hydrogen) atoms. The average molecular weight is 187 g/mol. The Balaban J connectivity index is 2.70. The van der Waals surface area contributed by atoms with Gasteiger partial charge in [-0.25, -0.2) is 5.43 Å². The molecule has 0 amide bonds. The van der Waals surface area contributed by atoms with Crippen molar-refractivity contribution in [2.24, 2.45) is 4.99 Å². The first kappa shape index (κ1) is 9.86. The van der Waals surface area contributed by atoms with E-state index in [2.05, 4.69) is 30.5 Å². The van der Waals surface area contributed by atoms with Gasteiger partial charge in [0.25, 0.3) is 0 Å². The molecule has 0 aromatic carbocycles. The second-order valence-corrected chi connectivity index (χ2v) is 4.06. The first-order chi connectivity index (χ1) is 5.63. The van der Waals surface area contributed by atoms with Crippen molar-refractivity contribution < 1.29 is 0 Å². The van der Waals surface area contributed by atoms with Crippen molar-refractivity contribution in [2.45, 2.75) is 32.4 Å². The molecule has 2 atom stereocenters. The largest absolute Gasteiger partial charge is 0.290 e. The molecule has 1 N–H and O–H groups in total. The molecule has 0 saturated carbocycles. The lowest BCUT2D eigenvalue weighted by Gasteiger charge is -2.21. The van der Waals surface area contributed by atoms with E-state index in [1.54, 1.807) is 11.8 Å². The quantitative estimate of drug-likeness (QED) is 0.620. The van der Waals surface area contributed by atoms with Crippen LogP contribution in [0.15, 0.2) is 4.99 Å². The Morgan fingerprint density at radius 3 is 2.83 bits per heavy atom. The van der Waals surface area contributed by atoms with Gasteiger partial charge >= 0.3 is 0 Å². The molecule has 0 aromatic heterocycles. The fourth-order valence-electron chi connectivity index (χ4n) is 1.47. The van der Waals surface area contributed by atoms with Crippen molar-refractivity contribution in [1.29, 1.82) is 0 Å². The molecule has 0 saturated heterocycles. The van der Waals surface area contributed by atoms with Gasteiger partial charge in [-0.05, 0) is 26.5 Å². The van der Waals surface area contributed by atoms with E-state index in [0.29, 0.717) is 12.1 Å². The van der Waals surface area contributed by atoms with Crippen LogP contribution < -0.4 is 5.43 Å². The zero-order valence-electron chi connectivity index (χ0n) is 8.16. The third-order valence-electron chi connectivity index (χ3n) is 1.91. The molecule has 0 spiro atoms. The summed E-state index contributed by atoms with van der Waals surface area (Å²) in [7, 11) is 2.02. The molecule has 0 aliphatic carbocycles. The van der Waals surface area contributed by atoms with Crippen LogP contribution in [0.4, 0.5) is 0 Å². The van der Waals surface area contributed by atoms with E-state index in [1.165, 1.54) is 0 Å². The van der Waals surface area contributed by atoms with Crippen LogP contribution in [0.5, 0.6) is 0 Å². The van der Waals surface area contributed by atoms with Gasteiger partial charge in [-0.3, -0.25) is 10.0 Å². The number of nitrogens with zero attached hydrogens (tertiary/aromatic N) is 2. The van der Waals surface area contributed by atoms with Crippen LogP contribution >= 0.6 is 11.8 Å². The molecule has 4 heteroatoms. The van der Waals surface area contributed by atoms with Crippen LogP contribution in [0.25, 0.3) is 0 Å². The molecule has 1 aliphatic heterocycles. The molecular formula is C8H17N3S. The minimum absolute atomic E-state index is 0.430. The van der Waals surface area contributed by atoms with Crippen molar-refractivity contribution in [1.82, 2.24) is 10.4 Å². The standard InChI is InChI=1S/C8H17N3S/c1-6-5-7(2)10-11(3)8(9-6)12-4/h6-7,10H,5H2,1-4H3. The number of hydrogen-bond donors (Lipinski definition) is 1. The number of rotatable bonds is 0. The summed E-state index contributed by atoms with van der Waals surface area (Å²) in [5, 5.41) is 3.09. The summed E-state index contributed by atoms with van der Waals surface area (Å²) >= 11 is 1.69. The Hall–Kier alpha value is -0.220. The Kier molecular flexibility index (Phi) is 3.40. The lowest BCUT2D eigenvalue weighted by molar-refractivity contribution is 0.317. The summed E-state index contributed by atoms with van der Waals surface area (Å²) in [6.45, 7) is 4.35. The minimum Gasteiger partial charge on any atom is -0.290 e. The van der Waals surface area contributed by atoms with Crippen molar-refractivity contribution in [3.8, 4) is 0 Å². The SMILES string of the molecule is CSC1=NC(C)CC(C)NN1C. The number of nitrogens with one attached hydrogen (secondary N) is 1. The zero-order valence-corrected chi connectivity index (χ0v) is 8.98. The Morgan fingerprint density at radius 2 is 2.25 bits per heavy atom. The smallest absolute Gasteiger partial charge is 0.173 e. The maximum absolute atomic E-state index is 4.57. The van der Waals surface area contributed by atoms with Crippen molar-refractivity contribution in [3.63, 3.8) is 0 Å². The average Bonchev–Trinajstić information content (AvgIpc) is 2.09. The predicted octanol–water partition coefficient (Wildman–Crippen LogP) is 1.32. The van der Waals surface area contributed by atoms with Crippen LogP contribution in [0.3, 0.4) is 0 Å². The lowest BCUT2D eigenvalue weighted by atomic mass is 10.1. The second kappa shape index (κ2) is 4.14. The van der Waals surface area contributed by atoms with Crippen molar-refractivity contribution in [3.05, 3.63) is 0 Å². The maximum atomic E-state index is 4.57. The highest BCUT2D eigenvalue weighted by Crippen LogP contribution is 2.12. The normalized spacial score (nSPS) is 31.3. The van der Waals surface area contributed by atoms with Crippen LogP contribution in [0.2, 0.25) is 0 Å². The molecule has 1 rings (SSSR count). The van der Waals surface area contributed by atoms with E-state index < -0.39 is 0 Å². The number of thioether (sulfide) groups is 1. The van der Waals surface area contributed by atoms with Gasteiger partial charge in [0, 0.05) is 13.1 Å². The van der Waals surface area contributed by atoms with Crippen molar-refractivity contribution in [2.75, 3.05) is 13.3 Å². The summed E-state index contributed by atoms with van der Waals surface area (Å²) in [4.78, 5) is 4.57. The highest BCUT2D eigenvalue weighted by atomic mass is 32.2. The summed E-state index contributed by atoms with van der Waals surface area (Å²) in [6.07, 6.45) is 3.16. The topological polar surface area (TPSA) is 27.6 Å². The van der Waals surface area contributed by atoms with Gasteiger partial charge in [-0.1, -0.05) is 11.8 Å². The fraction of sp³-hybridized carbons (Fsp3) is 0.875. The monoisotopic (exact) mass is 187 g/mol. The van der Waals surface area contributed by atoms with E-state index >= 15 is 0 Å². The van der Waals surface area contributed by atoms with Gasteiger partial charge in [0.15, 0.2) is 5.17 Å². The Labute approximate surface area is 78.6 Å². The third-order valence-corrected chi connectivity index (χ3v) is 2.65. The summed E-state index contributed by atoms with van der Waals surface area (Å²) < 4.78 is 0. The summed E-state index contributed by atoms with van der Waals surface area (Å²) in [5.74, 6) is 0. The van der Waals surface area contributed by atoms with Crippen molar-refractivity contribution >= 4 is 16.9 Å². The highest BCUT2D eigenvalue weighted by molar-refractivity contribution is 8.13. The molecule has 0 bridgehead atoms. The van der Waals surface area contributed by atoms with Gasteiger partial charge in [0.1, 0.15) is 0 Å². The number of amidine groups is 1. The minimum atomic E-state index is 0.430. The highest BCUT2D eigenvalue weighted by Gasteiger charge is 2.17. The second-order valence-electron chi connectivity index (χ2n) is 3.29. The molecule has 1 aliphatic rings. The van der Waals surface area contributed by atoms with Crippen LogP contribution in [-0.4, -0.2) is 35.6 Å². The third kappa shape index (κ3) is 2.38. The fourth-order valence-corrected chi connectivity index (χ4v) is 2.08. The lowest BCUT2D eigenvalue weighted by Crippen LogP contribution is -2.41. The molecule has 0 fully saturated rings. The number of hydrazine groups is 1. The van der Waals surface area contributed by atoms with Crippen LogP contribution in [0.1, 0.15) is 20.3 Å². The Morgan fingerprint density at radius 1 is 1.58 bits per heavy atom. The summed E-state index contributed by atoms with van der Waals surface area (Å²) in [5.41, 5.74) is 3.35. The Bertz CT molecular complexity index is 181. The van der Waals surface area contributed by atoms with Gasteiger partial charge < -0.3 is 0 Å².